The minimum atomic E-state index is -4.74. The summed E-state index contributed by atoms with van der Waals surface area (Å²) in [6, 6.07) is 4.40. The fraction of sp³-hybridized carbons (Fsp3) is 0.692. The van der Waals surface area contributed by atoms with Gasteiger partial charge >= 0.3 is 6.18 Å². The number of nitriles is 3. The largest absolute Gasteiger partial charge is 0.391 e. The van der Waals surface area contributed by atoms with E-state index in [0.29, 0.717) is 0 Å². The fourth-order valence-corrected chi connectivity index (χ4v) is 1.71. The van der Waals surface area contributed by atoms with Crippen LogP contribution in [0.1, 0.15) is 19.3 Å². The lowest BCUT2D eigenvalue weighted by Gasteiger charge is -2.25. The number of ether oxygens (including phenoxy) is 1. The van der Waals surface area contributed by atoms with E-state index < -0.39 is 30.3 Å². The lowest BCUT2D eigenvalue weighted by Crippen LogP contribution is -2.39. The van der Waals surface area contributed by atoms with Gasteiger partial charge in [-0.2, -0.15) is 29.0 Å². The van der Waals surface area contributed by atoms with E-state index in [0.717, 1.165) is 4.90 Å². The van der Waals surface area contributed by atoms with Gasteiger partial charge in [0.15, 0.2) is 5.41 Å². The van der Waals surface area contributed by atoms with Crippen LogP contribution in [-0.2, 0) is 9.53 Å². The third kappa shape index (κ3) is 6.92. The molecule has 0 rings (SSSR count). The molecule has 0 saturated heterocycles. The highest BCUT2D eigenvalue weighted by atomic mass is 19.4. The van der Waals surface area contributed by atoms with Crippen LogP contribution in [0.5, 0.6) is 0 Å². The number of methoxy groups -OCH3 is 1. The number of rotatable bonds is 8. The summed E-state index contributed by atoms with van der Waals surface area (Å²) in [6.45, 7) is 0.191. The van der Waals surface area contributed by atoms with Gasteiger partial charge in [-0.3, -0.25) is 4.79 Å². The van der Waals surface area contributed by atoms with Crippen LogP contribution in [0, 0.1) is 39.4 Å². The first-order valence-corrected chi connectivity index (χ1v) is 6.26. The van der Waals surface area contributed by atoms with Gasteiger partial charge in [0.25, 0.3) is 0 Å². The van der Waals surface area contributed by atoms with Crippen LogP contribution in [0.2, 0.25) is 0 Å². The minimum Gasteiger partial charge on any atom is -0.383 e. The molecule has 0 bridgehead atoms. The Morgan fingerprint density at radius 2 is 1.77 bits per heavy atom. The maximum absolute atomic E-state index is 12.5. The molecule has 0 aromatic heterocycles. The van der Waals surface area contributed by atoms with Crippen LogP contribution in [0.25, 0.3) is 0 Å². The van der Waals surface area contributed by atoms with Crippen molar-refractivity contribution in [3.8, 4) is 18.2 Å². The number of halogens is 3. The Morgan fingerprint density at radius 1 is 1.18 bits per heavy atom. The van der Waals surface area contributed by atoms with Gasteiger partial charge in [0, 0.05) is 20.2 Å². The maximum atomic E-state index is 12.5. The van der Waals surface area contributed by atoms with Crippen LogP contribution in [0.4, 0.5) is 13.2 Å². The van der Waals surface area contributed by atoms with Crippen molar-refractivity contribution < 1.29 is 22.7 Å². The summed E-state index contributed by atoms with van der Waals surface area (Å²) < 4.78 is 42.3. The van der Waals surface area contributed by atoms with Crippen molar-refractivity contribution in [3.05, 3.63) is 0 Å². The van der Waals surface area contributed by atoms with Gasteiger partial charge in [-0.05, 0) is 0 Å². The standard InChI is InChI=1S/C13H15F3N4O2/c1-22-6-5-20(4-2-3-17)11(21)7-12(9-18,10-19)8-13(14,15)16/h2,4-8H2,1H3. The third-order valence-corrected chi connectivity index (χ3v) is 2.79. The van der Waals surface area contributed by atoms with E-state index in [4.69, 9.17) is 20.5 Å². The molecule has 0 unspecified atom stereocenters. The smallest absolute Gasteiger partial charge is 0.383 e. The van der Waals surface area contributed by atoms with Crippen LogP contribution in [-0.4, -0.2) is 43.8 Å². The summed E-state index contributed by atoms with van der Waals surface area (Å²) in [4.78, 5) is 13.2. The SMILES string of the molecule is COCCN(CCC#N)C(=O)CC(C#N)(C#N)CC(F)(F)F. The summed E-state index contributed by atoms with van der Waals surface area (Å²) in [7, 11) is 1.38. The highest BCUT2D eigenvalue weighted by Gasteiger charge is 2.45. The number of amides is 1. The number of nitrogens with zero attached hydrogens (tertiary/aromatic N) is 4. The van der Waals surface area contributed by atoms with Crippen molar-refractivity contribution in [2.45, 2.75) is 25.4 Å². The Kier molecular flexibility index (Phi) is 7.93. The molecular weight excluding hydrogens is 301 g/mol. The first-order chi connectivity index (χ1) is 10.2. The molecule has 0 aromatic rings. The van der Waals surface area contributed by atoms with Crippen molar-refractivity contribution in [3.63, 3.8) is 0 Å². The molecule has 9 heteroatoms. The maximum Gasteiger partial charge on any atom is 0.391 e. The second-order valence-corrected chi connectivity index (χ2v) is 4.56. The molecule has 120 valence electrons. The summed E-state index contributed by atoms with van der Waals surface area (Å²) in [5.41, 5.74) is -2.46. The van der Waals surface area contributed by atoms with Gasteiger partial charge < -0.3 is 9.64 Å². The third-order valence-electron chi connectivity index (χ3n) is 2.79. The summed E-state index contributed by atoms with van der Waals surface area (Å²) in [6.07, 6.45) is -7.32. The second kappa shape index (κ2) is 8.86. The molecule has 0 radical (unpaired) electrons. The van der Waals surface area contributed by atoms with Crippen molar-refractivity contribution in [1.29, 1.82) is 15.8 Å². The Labute approximate surface area is 126 Å². The average Bonchev–Trinajstić information content (AvgIpc) is 2.45. The highest BCUT2D eigenvalue weighted by molar-refractivity contribution is 5.78. The van der Waals surface area contributed by atoms with Crippen LogP contribution in [0.15, 0.2) is 0 Å². The molecule has 0 aromatic carbocycles. The molecular formula is C13H15F3N4O2. The number of alkyl halides is 3. The molecule has 0 heterocycles. The molecule has 0 spiro atoms. The van der Waals surface area contributed by atoms with Crippen LogP contribution in [0.3, 0.4) is 0 Å². The molecule has 0 aliphatic rings. The highest BCUT2D eigenvalue weighted by Crippen LogP contribution is 2.36. The monoisotopic (exact) mass is 316 g/mol. The zero-order valence-electron chi connectivity index (χ0n) is 12.0. The van der Waals surface area contributed by atoms with Gasteiger partial charge in [-0.15, -0.1) is 0 Å². The molecule has 0 atom stereocenters. The molecule has 6 nitrogen and oxygen atoms in total. The lowest BCUT2D eigenvalue weighted by molar-refractivity contribution is -0.151. The van der Waals surface area contributed by atoms with E-state index in [9.17, 15) is 18.0 Å². The summed E-state index contributed by atoms with van der Waals surface area (Å²) >= 11 is 0. The molecule has 0 aliphatic heterocycles. The second-order valence-electron chi connectivity index (χ2n) is 4.56. The fourth-order valence-electron chi connectivity index (χ4n) is 1.71. The van der Waals surface area contributed by atoms with E-state index in [2.05, 4.69) is 0 Å². The van der Waals surface area contributed by atoms with Crippen LogP contribution < -0.4 is 0 Å². The summed E-state index contributed by atoms with van der Waals surface area (Å²) in [5, 5.41) is 26.3. The van der Waals surface area contributed by atoms with Crippen molar-refractivity contribution in [1.82, 2.24) is 4.90 Å². The molecule has 22 heavy (non-hydrogen) atoms. The van der Waals surface area contributed by atoms with E-state index in [-0.39, 0.29) is 26.1 Å². The number of hydrogen-bond acceptors (Lipinski definition) is 5. The minimum absolute atomic E-state index is 0.00233. The number of carbonyl (C=O) groups excluding carboxylic acids is 1. The Hall–Kier alpha value is -2.31. The van der Waals surface area contributed by atoms with Gasteiger partial charge in [-0.1, -0.05) is 0 Å². The summed E-state index contributed by atoms with van der Waals surface area (Å²) in [5.74, 6) is -0.792. The van der Waals surface area contributed by atoms with Gasteiger partial charge in [0.1, 0.15) is 0 Å². The Bertz CT molecular complexity index is 485. The van der Waals surface area contributed by atoms with E-state index in [1.165, 1.54) is 19.2 Å². The average molecular weight is 316 g/mol. The molecule has 0 saturated carbocycles. The zero-order chi connectivity index (χ0) is 17.2. The van der Waals surface area contributed by atoms with Crippen molar-refractivity contribution in [2.75, 3.05) is 26.8 Å². The van der Waals surface area contributed by atoms with Gasteiger partial charge in [0.05, 0.1) is 44.1 Å². The molecule has 0 aliphatic carbocycles. The normalized spacial score (nSPS) is 11.1. The van der Waals surface area contributed by atoms with E-state index in [1.807, 2.05) is 6.07 Å². The molecule has 0 N–H and O–H groups in total. The van der Waals surface area contributed by atoms with Gasteiger partial charge in [0.2, 0.25) is 5.91 Å². The lowest BCUT2D eigenvalue weighted by atomic mass is 9.83. The van der Waals surface area contributed by atoms with Crippen LogP contribution >= 0.6 is 0 Å². The van der Waals surface area contributed by atoms with E-state index in [1.54, 1.807) is 0 Å². The van der Waals surface area contributed by atoms with Crippen molar-refractivity contribution >= 4 is 5.91 Å². The molecule has 0 fully saturated rings. The van der Waals surface area contributed by atoms with Crippen molar-refractivity contribution in [2.24, 2.45) is 5.41 Å². The van der Waals surface area contributed by atoms with E-state index >= 15 is 0 Å². The Balaban J connectivity index is 5.09. The number of carbonyl (C=O) groups is 1. The predicted octanol–water partition coefficient (Wildman–Crippen LogP) is 1.75. The topological polar surface area (TPSA) is 101 Å². The van der Waals surface area contributed by atoms with Gasteiger partial charge in [-0.25, -0.2) is 0 Å². The quantitative estimate of drug-likeness (QED) is 0.679. The zero-order valence-corrected chi connectivity index (χ0v) is 12.0. The molecule has 1 amide bonds. The first-order valence-electron chi connectivity index (χ1n) is 6.26. The first kappa shape index (κ1) is 19.7. The predicted molar refractivity (Wildman–Crippen MR) is 67.6 cm³/mol. The Morgan fingerprint density at radius 3 is 2.18 bits per heavy atom. The number of hydrogen-bond donors (Lipinski definition) is 0.